The summed E-state index contributed by atoms with van der Waals surface area (Å²) in [6.07, 6.45) is 8.38. The second-order valence-electron chi connectivity index (χ2n) is 6.45. The minimum absolute atomic E-state index is 0.0817. The van der Waals surface area contributed by atoms with Crippen LogP contribution in [0.4, 0.5) is 5.69 Å². The number of allylic oxidation sites excluding steroid dienone is 1. The van der Waals surface area contributed by atoms with E-state index in [9.17, 15) is 9.59 Å². The van der Waals surface area contributed by atoms with Gasteiger partial charge in [0.25, 0.3) is 0 Å². The fourth-order valence-corrected chi connectivity index (χ4v) is 3.14. The van der Waals surface area contributed by atoms with Gasteiger partial charge >= 0.3 is 0 Å². The molecule has 0 unspecified atom stereocenters. The Labute approximate surface area is 157 Å². The molecule has 2 heterocycles. The van der Waals surface area contributed by atoms with Gasteiger partial charge in [-0.15, -0.1) is 0 Å². The quantitative estimate of drug-likeness (QED) is 0.514. The Hall–Kier alpha value is -3.47. The number of carbonyl (C=O) groups is 2. The van der Waals surface area contributed by atoms with Gasteiger partial charge in [0, 0.05) is 36.0 Å². The topological polar surface area (TPSA) is 55.2 Å². The summed E-state index contributed by atoms with van der Waals surface area (Å²) in [6, 6.07) is 17.0. The largest absolute Gasteiger partial charge is 0.312 e. The number of aromatic nitrogens is 2. The molecule has 1 aliphatic rings. The lowest BCUT2D eigenvalue weighted by molar-refractivity contribution is -0.117. The van der Waals surface area contributed by atoms with Crippen LogP contribution in [0.3, 0.4) is 0 Å². The summed E-state index contributed by atoms with van der Waals surface area (Å²) in [5.74, 6) is 0.0613. The zero-order valence-electron chi connectivity index (χ0n) is 14.8. The van der Waals surface area contributed by atoms with Crippen LogP contribution in [0.1, 0.15) is 28.8 Å². The molecule has 0 radical (unpaired) electrons. The van der Waals surface area contributed by atoms with Crippen molar-refractivity contribution in [2.45, 2.75) is 12.8 Å². The first-order chi connectivity index (χ1) is 13.2. The van der Waals surface area contributed by atoms with E-state index in [2.05, 4.69) is 5.10 Å². The van der Waals surface area contributed by atoms with Crippen molar-refractivity contribution < 1.29 is 9.59 Å². The molecule has 0 saturated carbocycles. The van der Waals surface area contributed by atoms with Crippen LogP contribution in [-0.2, 0) is 4.79 Å². The predicted octanol–water partition coefficient (Wildman–Crippen LogP) is 3.90. The SMILES string of the molecule is O=C(C=Cc1cnn(-c2ccccc2)c1)c1ccc(N2CCCC2=O)cc1. The Morgan fingerprint density at radius 2 is 1.78 bits per heavy atom. The summed E-state index contributed by atoms with van der Waals surface area (Å²) in [4.78, 5) is 26.0. The first kappa shape index (κ1) is 17.0. The maximum atomic E-state index is 12.4. The van der Waals surface area contributed by atoms with Crippen LogP contribution in [0.2, 0.25) is 0 Å². The smallest absolute Gasteiger partial charge is 0.227 e. The minimum Gasteiger partial charge on any atom is -0.312 e. The lowest BCUT2D eigenvalue weighted by Crippen LogP contribution is -2.23. The third-order valence-corrected chi connectivity index (χ3v) is 4.59. The molecule has 0 N–H and O–H groups in total. The van der Waals surface area contributed by atoms with Gasteiger partial charge in [0.15, 0.2) is 5.78 Å². The molecule has 134 valence electrons. The normalized spacial score (nSPS) is 14.2. The molecule has 0 bridgehead atoms. The van der Waals surface area contributed by atoms with Crippen molar-refractivity contribution in [3.63, 3.8) is 0 Å². The molecule has 0 spiro atoms. The van der Waals surface area contributed by atoms with E-state index < -0.39 is 0 Å². The molecule has 0 atom stereocenters. The Kier molecular flexibility index (Phi) is 4.66. The minimum atomic E-state index is -0.0817. The number of ketones is 1. The van der Waals surface area contributed by atoms with Crippen molar-refractivity contribution in [2.75, 3.05) is 11.4 Å². The number of hydrogen-bond acceptors (Lipinski definition) is 3. The standard InChI is InChI=1S/C22H19N3O2/c26-21(18-9-11-19(12-10-18)24-14-4-7-22(24)27)13-8-17-15-23-25(16-17)20-5-2-1-3-6-20/h1-3,5-6,8-13,15-16H,4,7,14H2. The van der Waals surface area contributed by atoms with Crippen molar-refractivity contribution in [3.8, 4) is 5.69 Å². The van der Waals surface area contributed by atoms with Crippen molar-refractivity contribution in [2.24, 2.45) is 0 Å². The number of amides is 1. The van der Waals surface area contributed by atoms with Gasteiger partial charge < -0.3 is 4.90 Å². The number of carbonyl (C=O) groups excluding carboxylic acids is 2. The molecule has 1 aromatic heterocycles. The Balaban J connectivity index is 1.44. The van der Waals surface area contributed by atoms with Gasteiger partial charge in [-0.1, -0.05) is 18.2 Å². The monoisotopic (exact) mass is 357 g/mol. The Bertz CT molecular complexity index is 988. The first-order valence-electron chi connectivity index (χ1n) is 8.94. The van der Waals surface area contributed by atoms with Crippen LogP contribution in [0.15, 0.2) is 73.1 Å². The maximum absolute atomic E-state index is 12.4. The van der Waals surface area contributed by atoms with Crippen LogP contribution in [-0.4, -0.2) is 28.0 Å². The maximum Gasteiger partial charge on any atom is 0.227 e. The van der Waals surface area contributed by atoms with Gasteiger partial charge in [-0.05, 0) is 55.0 Å². The van der Waals surface area contributed by atoms with Crippen LogP contribution in [0, 0.1) is 0 Å². The van der Waals surface area contributed by atoms with Crippen molar-refractivity contribution in [3.05, 3.63) is 84.2 Å². The average molecular weight is 357 g/mol. The zero-order valence-corrected chi connectivity index (χ0v) is 14.8. The molecule has 5 nitrogen and oxygen atoms in total. The van der Waals surface area contributed by atoms with E-state index in [4.69, 9.17) is 0 Å². The molecule has 1 fully saturated rings. The summed E-state index contributed by atoms with van der Waals surface area (Å²) in [6.45, 7) is 0.747. The van der Waals surface area contributed by atoms with E-state index in [1.807, 2.05) is 48.7 Å². The molecular formula is C22H19N3O2. The number of para-hydroxylation sites is 1. The Morgan fingerprint density at radius 3 is 2.48 bits per heavy atom. The van der Waals surface area contributed by atoms with Gasteiger partial charge in [0.05, 0.1) is 11.9 Å². The van der Waals surface area contributed by atoms with E-state index in [1.54, 1.807) is 40.1 Å². The number of hydrogen-bond donors (Lipinski definition) is 0. The summed E-state index contributed by atoms with van der Waals surface area (Å²) in [5, 5.41) is 4.32. The number of nitrogens with zero attached hydrogens (tertiary/aromatic N) is 3. The first-order valence-corrected chi connectivity index (χ1v) is 8.94. The zero-order chi connectivity index (χ0) is 18.6. The van der Waals surface area contributed by atoms with E-state index in [0.29, 0.717) is 12.0 Å². The van der Waals surface area contributed by atoms with Crippen LogP contribution >= 0.6 is 0 Å². The van der Waals surface area contributed by atoms with Crippen LogP contribution in [0.5, 0.6) is 0 Å². The van der Waals surface area contributed by atoms with Gasteiger partial charge in [0.2, 0.25) is 5.91 Å². The molecule has 4 rings (SSSR count). The molecule has 2 aromatic carbocycles. The number of anilines is 1. The fraction of sp³-hybridized carbons (Fsp3) is 0.136. The molecule has 1 saturated heterocycles. The van der Waals surface area contributed by atoms with Gasteiger partial charge in [-0.2, -0.15) is 5.10 Å². The third kappa shape index (κ3) is 3.72. The lowest BCUT2D eigenvalue weighted by Gasteiger charge is -2.15. The summed E-state index contributed by atoms with van der Waals surface area (Å²) in [7, 11) is 0. The summed E-state index contributed by atoms with van der Waals surface area (Å²) >= 11 is 0. The van der Waals surface area contributed by atoms with Crippen LogP contribution in [0.25, 0.3) is 11.8 Å². The second-order valence-corrected chi connectivity index (χ2v) is 6.45. The number of rotatable bonds is 5. The summed E-state index contributed by atoms with van der Waals surface area (Å²) in [5.41, 5.74) is 3.27. The molecule has 0 aliphatic carbocycles. The molecular weight excluding hydrogens is 338 g/mol. The third-order valence-electron chi connectivity index (χ3n) is 4.59. The average Bonchev–Trinajstić information content (AvgIpc) is 3.36. The molecule has 3 aromatic rings. The van der Waals surface area contributed by atoms with E-state index >= 15 is 0 Å². The fourth-order valence-electron chi connectivity index (χ4n) is 3.14. The van der Waals surface area contributed by atoms with E-state index in [-0.39, 0.29) is 11.7 Å². The van der Waals surface area contributed by atoms with E-state index in [0.717, 1.165) is 29.9 Å². The van der Waals surface area contributed by atoms with Crippen LogP contribution < -0.4 is 4.90 Å². The molecule has 27 heavy (non-hydrogen) atoms. The van der Waals surface area contributed by atoms with Gasteiger partial charge in [-0.3, -0.25) is 9.59 Å². The van der Waals surface area contributed by atoms with Crippen molar-refractivity contribution >= 4 is 23.5 Å². The molecule has 1 amide bonds. The highest BCUT2D eigenvalue weighted by atomic mass is 16.2. The highest BCUT2D eigenvalue weighted by molar-refractivity contribution is 6.07. The van der Waals surface area contributed by atoms with Gasteiger partial charge in [0.1, 0.15) is 0 Å². The molecule has 5 heteroatoms. The molecule has 1 aliphatic heterocycles. The van der Waals surface area contributed by atoms with E-state index in [1.165, 1.54) is 0 Å². The van der Waals surface area contributed by atoms with Gasteiger partial charge in [-0.25, -0.2) is 4.68 Å². The van der Waals surface area contributed by atoms with Crippen molar-refractivity contribution in [1.82, 2.24) is 9.78 Å². The highest BCUT2D eigenvalue weighted by Crippen LogP contribution is 2.22. The Morgan fingerprint density at radius 1 is 1.00 bits per heavy atom. The number of benzene rings is 2. The lowest BCUT2D eigenvalue weighted by atomic mass is 10.1. The second kappa shape index (κ2) is 7.41. The predicted molar refractivity (Wildman–Crippen MR) is 105 cm³/mol. The highest BCUT2D eigenvalue weighted by Gasteiger charge is 2.21. The van der Waals surface area contributed by atoms with Crippen molar-refractivity contribution in [1.29, 1.82) is 0 Å². The summed E-state index contributed by atoms with van der Waals surface area (Å²) < 4.78 is 1.77.